The highest BCUT2D eigenvalue weighted by atomic mass is 79.9. The lowest BCUT2D eigenvalue weighted by Gasteiger charge is -2.01. The largest absolute Gasteiger partial charge is 0.292 e. The minimum atomic E-state index is -1.29. The molecule has 0 radical (unpaired) electrons. The van der Waals surface area contributed by atoms with Crippen LogP contribution in [0, 0.1) is 0 Å². The fourth-order valence-electron chi connectivity index (χ4n) is 1.32. The highest BCUT2D eigenvalue weighted by molar-refractivity contribution is 9.11. The highest BCUT2D eigenvalue weighted by Gasteiger charge is 2.14. The van der Waals surface area contributed by atoms with Gasteiger partial charge in [-0.15, -0.1) is 11.3 Å². The van der Waals surface area contributed by atoms with Gasteiger partial charge in [0, 0.05) is 9.37 Å². The molecule has 1 heterocycles. The summed E-state index contributed by atoms with van der Waals surface area (Å²) in [6, 6.07) is 10.7. The van der Waals surface area contributed by atoms with Crippen LogP contribution in [0.1, 0.15) is 9.67 Å². The van der Waals surface area contributed by atoms with Crippen LogP contribution >= 0.6 is 43.2 Å². The molecule has 0 bridgehead atoms. The van der Waals surface area contributed by atoms with Crippen LogP contribution in [0.5, 0.6) is 0 Å². The Kier molecular flexibility index (Phi) is 4.89. The van der Waals surface area contributed by atoms with Crippen molar-refractivity contribution in [2.75, 3.05) is 5.75 Å². The Hall–Kier alpha value is -0.300. The van der Waals surface area contributed by atoms with Gasteiger partial charge in [-0.3, -0.25) is 9.00 Å². The van der Waals surface area contributed by atoms with Crippen LogP contribution in [-0.4, -0.2) is 15.7 Å². The van der Waals surface area contributed by atoms with Crippen LogP contribution in [0.25, 0.3) is 0 Å². The number of carbonyl (C=O) groups excluding carboxylic acids is 1. The lowest BCUT2D eigenvalue weighted by molar-refractivity contribution is 0.102. The van der Waals surface area contributed by atoms with Gasteiger partial charge in [0.15, 0.2) is 5.78 Å². The Labute approximate surface area is 128 Å². The van der Waals surface area contributed by atoms with E-state index in [9.17, 15) is 9.00 Å². The molecule has 0 amide bonds. The summed E-state index contributed by atoms with van der Waals surface area (Å²) in [5.41, 5.74) is 0. The lowest BCUT2D eigenvalue weighted by Crippen LogP contribution is -2.09. The van der Waals surface area contributed by atoms with Crippen molar-refractivity contribution in [1.82, 2.24) is 0 Å². The van der Waals surface area contributed by atoms with Crippen LogP contribution in [0.2, 0.25) is 0 Å². The summed E-state index contributed by atoms with van der Waals surface area (Å²) in [5, 5.41) is 0. The number of hydrogen-bond acceptors (Lipinski definition) is 3. The molecule has 0 aliphatic rings. The van der Waals surface area contributed by atoms with Crippen molar-refractivity contribution in [2.45, 2.75) is 4.90 Å². The molecular weight excluding hydrogens is 400 g/mol. The number of hydrogen-bond donors (Lipinski definition) is 0. The van der Waals surface area contributed by atoms with Crippen LogP contribution in [0.15, 0.2) is 49.6 Å². The number of Topliss-reactive ketones (excluding diaryl/α,β-unsaturated/α-hetero) is 1. The molecule has 0 saturated heterocycles. The number of halogens is 2. The minimum Gasteiger partial charge on any atom is -0.292 e. The Morgan fingerprint density at radius 2 is 1.78 bits per heavy atom. The van der Waals surface area contributed by atoms with E-state index in [0.29, 0.717) is 9.77 Å². The maximum Gasteiger partial charge on any atom is 0.185 e. The fourth-order valence-corrected chi connectivity index (χ4v) is 4.00. The normalized spacial score (nSPS) is 12.3. The molecule has 0 aliphatic heterocycles. The molecular formula is C12H8Br2O2S2. The summed E-state index contributed by atoms with van der Waals surface area (Å²) in [5.74, 6) is -0.0684. The van der Waals surface area contributed by atoms with Gasteiger partial charge in [0.2, 0.25) is 0 Å². The topological polar surface area (TPSA) is 34.1 Å². The molecule has 1 unspecified atom stereocenters. The van der Waals surface area contributed by atoms with Gasteiger partial charge < -0.3 is 0 Å². The van der Waals surface area contributed by atoms with Crippen molar-refractivity contribution in [3.05, 3.63) is 49.5 Å². The molecule has 1 aromatic heterocycles. The van der Waals surface area contributed by atoms with E-state index in [1.807, 2.05) is 18.2 Å². The van der Waals surface area contributed by atoms with Crippen molar-refractivity contribution in [3.63, 3.8) is 0 Å². The third kappa shape index (κ3) is 3.60. The average Bonchev–Trinajstić information content (AvgIpc) is 2.76. The van der Waals surface area contributed by atoms with E-state index in [-0.39, 0.29) is 11.5 Å². The van der Waals surface area contributed by atoms with Crippen molar-refractivity contribution in [1.29, 1.82) is 0 Å². The van der Waals surface area contributed by atoms with Crippen molar-refractivity contribution in [2.24, 2.45) is 0 Å². The molecule has 0 N–H and O–H groups in total. The lowest BCUT2D eigenvalue weighted by atomic mass is 10.3. The van der Waals surface area contributed by atoms with Crippen molar-refractivity contribution >= 4 is 59.8 Å². The molecule has 2 nitrogen and oxygen atoms in total. The summed E-state index contributed by atoms with van der Waals surface area (Å²) in [4.78, 5) is 13.2. The van der Waals surface area contributed by atoms with Gasteiger partial charge in [0.05, 0.1) is 25.2 Å². The van der Waals surface area contributed by atoms with Gasteiger partial charge in [-0.25, -0.2) is 0 Å². The molecule has 2 rings (SSSR count). The smallest absolute Gasteiger partial charge is 0.185 e. The standard InChI is InChI=1S/C12H8Br2O2S2/c13-8-1-3-9(4-2-8)18(16)7-10(15)11-5-6-12(14)17-11/h1-6H,7H2. The zero-order valence-corrected chi connectivity index (χ0v) is 13.9. The Bertz CT molecular complexity index is 590. The third-order valence-corrected chi connectivity index (χ3v) is 5.70. The SMILES string of the molecule is O=C(CS(=O)c1ccc(Br)cc1)c1ccc(Br)s1. The number of carbonyl (C=O) groups is 1. The van der Waals surface area contributed by atoms with Gasteiger partial charge in [-0.2, -0.15) is 0 Å². The number of thiophene rings is 1. The summed E-state index contributed by atoms with van der Waals surface area (Å²) < 4.78 is 13.8. The predicted octanol–water partition coefficient (Wildman–Crippen LogP) is 4.26. The first-order valence-corrected chi connectivity index (χ1v) is 8.71. The molecule has 0 fully saturated rings. The maximum atomic E-state index is 12.0. The summed E-state index contributed by atoms with van der Waals surface area (Å²) in [6.07, 6.45) is 0. The average molecular weight is 408 g/mol. The van der Waals surface area contributed by atoms with Gasteiger partial charge in [-0.05, 0) is 52.3 Å². The van der Waals surface area contributed by atoms with Crippen LogP contribution in [-0.2, 0) is 10.8 Å². The second-order valence-corrected chi connectivity index (χ2v) is 8.30. The van der Waals surface area contributed by atoms with E-state index < -0.39 is 10.8 Å². The van der Waals surface area contributed by atoms with Gasteiger partial charge in [0.25, 0.3) is 0 Å². The molecule has 1 aromatic carbocycles. The van der Waals surface area contributed by atoms with Crippen molar-refractivity contribution < 1.29 is 9.00 Å². The number of ketones is 1. The van der Waals surface area contributed by atoms with Crippen LogP contribution in [0.3, 0.4) is 0 Å². The van der Waals surface area contributed by atoms with E-state index in [0.717, 1.165) is 8.26 Å². The Morgan fingerprint density at radius 1 is 1.11 bits per heavy atom. The van der Waals surface area contributed by atoms with Gasteiger partial charge in [0.1, 0.15) is 0 Å². The first kappa shape index (κ1) is 14.1. The first-order valence-electron chi connectivity index (χ1n) is 4.99. The molecule has 6 heteroatoms. The molecule has 1 atom stereocenters. The monoisotopic (exact) mass is 406 g/mol. The fraction of sp³-hybridized carbons (Fsp3) is 0.0833. The van der Waals surface area contributed by atoms with Crippen LogP contribution in [0.4, 0.5) is 0 Å². The minimum absolute atomic E-state index is 0.0224. The van der Waals surface area contributed by atoms with E-state index in [1.165, 1.54) is 11.3 Å². The Balaban J connectivity index is 2.08. The van der Waals surface area contributed by atoms with Gasteiger partial charge in [-0.1, -0.05) is 15.9 Å². The Morgan fingerprint density at radius 3 is 2.33 bits per heavy atom. The molecule has 0 aliphatic carbocycles. The maximum absolute atomic E-state index is 12.0. The second-order valence-electron chi connectivity index (χ2n) is 3.47. The zero-order chi connectivity index (χ0) is 13.1. The van der Waals surface area contributed by atoms with E-state index >= 15 is 0 Å². The van der Waals surface area contributed by atoms with Crippen molar-refractivity contribution in [3.8, 4) is 0 Å². The van der Waals surface area contributed by atoms with Gasteiger partial charge >= 0.3 is 0 Å². The highest BCUT2D eigenvalue weighted by Crippen LogP contribution is 2.23. The zero-order valence-electron chi connectivity index (χ0n) is 9.06. The number of rotatable bonds is 4. The summed E-state index contributed by atoms with van der Waals surface area (Å²) in [7, 11) is -1.29. The molecule has 0 saturated carbocycles. The molecule has 2 aromatic rings. The summed E-state index contributed by atoms with van der Waals surface area (Å²) >= 11 is 7.98. The van der Waals surface area contributed by atoms with Crippen LogP contribution < -0.4 is 0 Å². The molecule has 94 valence electrons. The molecule has 0 spiro atoms. The third-order valence-electron chi connectivity index (χ3n) is 2.19. The first-order chi connectivity index (χ1) is 8.56. The summed E-state index contributed by atoms with van der Waals surface area (Å²) in [6.45, 7) is 0. The quantitative estimate of drug-likeness (QED) is 0.709. The number of benzene rings is 1. The van der Waals surface area contributed by atoms with E-state index in [1.54, 1.807) is 18.2 Å². The van der Waals surface area contributed by atoms with E-state index in [4.69, 9.17) is 0 Å². The second kappa shape index (κ2) is 6.23. The van der Waals surface area contributed by atoms with E-state index in [2.05, 4.69) is 31.9 Å². The predicted molar refractivity (Wildman–Crippen MR) is 81.8 cm³/mol. The molecule has 18 heavy (non-hydrogen) atoms.